The number of nitrogens with one attached hydrogen (secondary N) is 1. The molecule has 0 saturated heterocycles. The van der Waals surface area contributed by atoms with Gasteiger partial charge in [-0.25, -0.2) is 0 Å². The highest BCUT2D eigenvalue weighted by Gasteiger charge is 2.41. The van der Waals surface area contributed by atoms with Crippen LogP contribution in [0, 0.1) is 13.8 Å². The van der Waals surface area contributed by atoms with Crippen LogP contribution in [-0.4, -0.2) is 34.7 Å². The van der Waals surface area contributed by atoms with E-state index in [2.05, 4.69) is 10.4 Å². The summed E-state index contributed by atoms with van der Waals surface area (Å²) in [5.41, 5.74) is 2.54. The molecule has 2 aromatic carbocycles. The van der Waals surface area contributed by atoms with Gasteiger partial charge in [-0.2, -0.15) is 18.3 Å². The topological polar surface area (TPSA) is 76.5 Å². The number of carbonyl (C=O) groups is 2. The fourth-order valence-electron chi connectivity index (χ4n) is 6.31. The summed E-state index contributed by atoms with van der Waals surface area (Å²) in [7, 11) is 1.55. The number of benzene rings is 2. The van der Waals surface area contributed by atoms with Crippen LogP contribution < -0.4 is 15.0 Å². The van der Waals surface area contributed by atoms with E-state index in [4.69, 9.17) is 4.74 Å². The van der Waals surface area contributed by atoms with Crippen LogP contribution in [-0.2, 0) is 35.2 Å². The van der Waals surface area contributed by atoms with Gasteiger partial charge in [0.05, 0.1) is 7.11 Å². The number of nitrogens with zero attached hydrogens (tertiary/aromatic N) is 3. The van der Waals surface area contributed by atoms with Gasteiger partial charge in [0, 0.05) is 23.0 Å². The van der Waals surface area contributed by atoms with Gasteiger partial charge >= 0.3 is 6.18 Å². The second kappa shape index (κ2) is 12.2. The van der Waals surface area contributed by atoms with Gasteiger partial charge in [0.1, 0.15) is 18.3 Å². The molecule has 1 N–H and O–H groups in total. The molecule has 0 spiro atoms. The number of fused-ring (bicyclic) bond motifs is 1. The molecule has 0 bridgehead atoms. The lowest BCUT2D eigenvalue weighted by atomic mass is 9.95. The first-order valence-electron chi connectivity index (χ1n) is 14.6. The molecule has 5 rings (SSSR count). The zero-order valence-electron chi connectivity index (χ0n) is 24.3. The maximum absolute atomic E-state index is 14.3. The molecule has 0 radical (unpaired) electrons. The number of hydrogen-bond acceptors (Lipinski definition) is 4. The molecule has 2 aliphatic rings. The molecule has 7 nitrogen and oxygen atoms in total. The highest BCUT2D eigenvalue weighted by Crippen LogP contribution is 2.37. The Kier molecular flexibility index (Phi) is 8.61. The van der Waals surface area contributed by atoms with Crippen LogP contribution in [0.15, 0.2) is 42.5 Å². The summed E-state index contributed by atoms with van der Waals surface area (Å²) < 4.78 is 48.3. The number of aromatic nitrogens is 2. The zero-order chi connectivity index (χ0) is 30.0. The maximum atomic E-state index is 14.3. The normalized spacial score (nSPS) is 16.1. The Hall–Kier alpha value is -3.82. The maximum Gasteiger partial charge on any atom is 0.435 e. The highest BCUT2D eigenvalue weighted by molar-refractivity contribution is 6.01. The van der Waals surface area contributed by atoms with E-state index in [1.165, 1.54) is 9.58 Å². The molecular weight excluding hydrogens is 545 g/mol. The smallest absolute Gasteiger partial charge is 0.435 e. The molecule has 1 atom stereocenters. The molecule has 2 aliphatic carbocycles. The van der Waals surface area contributed by atoms with E-state index >= 15 is 0 Å². The molecule has 224 valence electrons. The SMILES string of the molecule is COc1ccc([C@H](C(=O)NC2CCCC2)N(C(=O)Cn2nc(C(F)(F)F)c3c2CCCC3)c2cc(C)cc(C)c2)cc1. The number of halogens is 3. The Morgan fingerprint density at radius 1 is 1.02 bits per heavy atom. The third kappa shape index (κ3) is 6.32. The van der Waals surface area contributed by atoms with E-state index in [0.29, 0.717) is 35.5 Å². The number of rotatable bonds is 8. The number of hydrogen-bond donors (Lipinski definition) is 1. The van der Waals surface area contributed by atoms with Crippen LogP contribution in [0.25, 0.3) is 0 Å². The van der Waals surface area contributed by atoms with Crippen molar-refractivity contribution < 1.29 is 27.5 Å². The van der Waals surface area contributed by atoms with Gasteiger partial charge in [-0.1, -0.05) is 31.0 Å². The number of methoxy groups -OCH3 is 1. The van der Waals surface area contributed by atoms with Crippen LogP contribution in [0.4, 0.5) is 18.9 Å². The van der Waals surface area contributed by atoms with Crippen molar-refractivity contribution in [2.45, 2.75) is 90.0 Å². The Morgan fingerprint density at radius 2 is 1.67 bits per heavy atom. The van der Waals surface area contributed by atoms with Crippen molar-refractivity contribution in [1.29, 1.82) is 0 Å². The van der Waals surface area contributed by atoms with Crippen molar-refractivity contribution in [2.24, 2.45) is 0 Å². The highest BCUT2D eigenvalue weighted by atomic mass is 19.4. The van der Waals surface area contributed by atoms with Gasteiger partial charge in [0.15, 0.2) is 5.69 Å². The van der Waals surface area contributed by atoms with Crippen molar-refractivity contribution >= 4 is 17.5 Å². The fourth-order valence-corrected chi connectivity index (χ4v) is 6.31. The minimum absolute atomic E-state index is 0.00178. The number of amides is 2. The molecule has 0 aliphatic heterocycles. The minimum atomic E-state index is -4.62. The average molecular weight is 583 g/mol. The average Bonchev–Trinajstić information content (AvgIpc) is 3.59. The standard InChI is InChI=1S/C32H37F3N4O3/c1-20-16-21(2)18-24(17-20)39(28(40)19-38-27-11-7-6-10-26(27)30(37-38)32(33,34)35)29(22-12-14-25(42-3)15-13-22)31(41)36-23-8-4-5-9-23/h12-18,23,29H,4-11,19H2,1-3H3,(H,36,41)/t29-/m1/s1. The molecule has 1 saturated carbocycles. The molecule has 0 unspecified atom stereocenters. The van der Waals surface area contributed by atoms with Gasteiger partial charge in [-0.15, -0.1) is 0 Å². The Labute approximate surface area is 244 Å². The van der Waals surface area contributed by atoms with E-state index in [-0.39, 0.29) is 23.9 Å². The zero-order valence-corrected chi connectivity index (χ0v) is 24.3. The van der Waals surface area contributed by atoms with Gasteiger partial charge in [0.25, 0.3) is 0 Å². The summed E-state index contributed by atoms with van der Waals surface area (Å²) in [6.07, 6.45) is 1.20. The number of aryl methyl sites for hydroxylation is 2. The van der Waals surface area contributed by atoms with Crippen LogP contribution in [0.5, 0.6) is 5.75 Å². The predicted molar refractivity (Wildman–Crippen MR) is 153 cm³/mol. The monoisotopic (exact) mass is 582 g/mol. The van der Waals surface area contributed by atoms with E-state index in [9.17, 15) is 22.8 Å². The first kappa shape index (κ1) is 29.7. The molecule has 3 aromatic rings. The summed E-state index contributed by atoms with van der Waals surface area (Å²) in [6.45, 7) is 3.38. The third-order valence-corrected chi connectivity index (χ3v) is 8.20. The van der Waals surface area contributed by atoms with Crippen molar-refractivity contribution in [3.05, 3.63) is 76.1 Å². The molecule has 2 amide bonds. The number of ether oxygens (including phenoxy) is 1. The van der Waals surface area contributed by atoms with Crippen LogP contribution in [0.2, 0.25) is 0 Å². The summed E-state index contributed by atoms with van der Waals surface area (Å²) >= 11 is 0. The second-order valence-corrected chi connectivity index (χ2v) is 11.4. The Balaban J connectivity index is 1.60. The van der Waals surface area contributed by atoms with E-state index in [1.807, 2.05) is 32.0 Å². The molecule has 1 aromatic heterocycles. The first-order chi connectivity index (χ1) is 20.0. The lowest BCUT2D eigenvalue weighted by Gasteiger charge is -2.33. The first-order valence-corrected chi connectivity index (χ1v) is 14.6. The summed E-state index contributed by atoms with van der Waals surface area (Å²) in [5, 5.41) is 7.07. The second-order valence-electron chi connectivity index (χ2n) is 11.4. The molecule has 10 heteroatoms. The van der Waals surface area contributed by atoms with Gasteiger partial charge in [0.2, 0.25) is 11.8 Å². The molecule has 42 heavy (non-hydrogen) atoms. The minimum Gasteiger partial charge on any atom is -0.497 e. The lowest BCUT2D eigenvalue weighted by molar-refractivity contribution is -0.142. The van der Waals surface area contributed by atoms with Crippen molar-refractivity contribution in [3.63, 3.8) is 0 Å². The van der Waals surface area contributed by atoms with E-state index in [0.717, 1.165) is 43.2 Å². The van der Waals surface area contributed by atoms with Crippen LogP contribution >= 0.6 is 0 Å². The third-order valence-electron chi connectivity index (χ3n) is 8.20. The fraction of sp³-hybridized carbons (Fsp3) is 0.469. The van der Waals surface area contributed by atoms with Crippen LogP contribution in [0.1, 0.15) is 78.2 Å². The lowest BCUT2D eigenvalue weighted by Crippen LogP contribution is -2.47. The van der Waals surface area contributed by atoms with Crippen molar-refractivity contribution in [2.75, 3.05) is 12.0 Å². The Bertz CT molecular complexity index is 1420. The van der Waals surface area contributed by atoms with Gasteiger partial charge in [-0.05, 0) is 93.3 Å². The van der Waals surface area contributed by atoms with E-state index < -0.39 is 30.4 Å². The number of anilines is 1. The predicted octanol–water partition coefficient (Wildman–Crippen LogP) is 6.24. The summed E-state index contributed by atoms with van der Waals surface area (Å²) in [4.78, 5) is 29.8. The van der Waals surface area contributed by atoms with Crippen molar-refractivity contribution in [1.82, 2.24) is 15.1 Å². The van der Waals surface area contributed by atoms with Gasteiger partial charge < -0.3 is 10.1 Å². The number of carbonyl (C=O) groups excluding carboxylic acids is 2. The van der Waals surface area contributed by atoms with Crippen LogP contribution in [0.3, 0.4) is 0 Å². The Morgan fingerprint density at radius 3 is 2.29 bits per heavy atom. The summed E-state index contributed by atoms with van der Waals surface area (Å²) in [5.74, 6) is -0.258. The molecule has 1 heterocycles. The van der Waals surface area contributed by atoms with E-state index in [1.54, 1.807) is 31.4 Å². The van der Waals surface area contributed by atoms with Gasteiger partial charge in [-0.3, -0.25) is 19.2 Å². The molecular formula is C32H37F3N4O3. The number of alkyl halides is 3. The van der Waals surface area contributed by atoms with Crippen molar-refractivity contribution in [3.8, 4) is 5.75 Å². The summed E-state index contributed by atoms with van der Waals surface area (Å²) in [6, 6.07) is 11.5. The molecule has 1 fully saturated rings. The largest absolute Gasteiger partial charge is 0.497 e. The quantitative estimate of drug-likeness (QED) is 0.341.